The number of hydrogen-bond donors (Lipinski definition) is 3. The number of H-pyrrole nitrogens is 1. The SMILES string of the molecule is Cc1nc2cc(=O)[nH]n2c(C)c1CC(=O)NCC(O)c1ccsc1. The van der Waals surface area contributed by atoms with Crippen LogP contribution in [0.25, 0.3) is 5.65 Å². The van der Waals surface area contributed by atoms with Crippen LogP contribution in [0.1, 0.15) is 28.6 Å². The van der Waals surface area contributed by atoms with Gasteiger partial charge in [-0.05, 0) is 36.2 Å². The maximum atomic E-state index is 12.2. The van der Waals surface area contributed by atoms with Crippen molar-refractivity contribution >= 4 is 22.9 Å². The number of carbonyl (C=O) groups is 1. The van der Waals surface area contributed by atoms with Gasteiger partial charge in [-0.2, -0.15) is 11.3 Å². The average Bonchev–Trinajstić information content (AvgIpc) is 3.18. The molecular weight excluding hydrogens is 328 g/mol. The number of carbonyl (C=O) groups excluding carboxylic acids is 1. The van der Waals surface area contributed by atoms with Gasteiger partial charge in [0.2, 0.25) is 5.91 Å². The van der Waals surface area contributed by atoms with E-state index >= 15 is 0 Å². The molecule has 0 radical (unpaired) electrons. The molecule has 126 valence electrons. The number of aliphatic hydroxyl groups is 1. The smallest absolute Gasteiger partial charge is 0.266 e. The summed E-state index contributed by atoms with van der Waals surface area (Å²) in [6, 6.07) is 3.25. The molecule has 0 aliphatic carbocycles. The van der Waals surface area contributed by atoms with E-state index in [1.165, 1.54) is 17.4 Å². The van der Waals surface area contributed by atoms with Gasteiger partial charge in [0.1, 0.15) is 0 Å². The molecule has 0 spiro atoms. The van der Waals surface area contributed by atoms with E-state index in [9.17, 15) is 14.7 Å². The van der Waals surface area contributed by atoms with Gasteiger partial charge in [0.05, 0.1) is 12.5 Å². The Kier molecular flexibility index (Phi) is 4.50. The van der Waals surface area contributed by atoms with E-state index < -0.39 is 6.10 Å². The third kappa shape index (κ3) is 3.24. The van der Waals surface area contributed by atoms with Crippen LogP contribution in [0, 0.1) is 13.8 Å². The van der Waals surface area contributed by atoms with Crippen LogP contribution in [0.2, 0.25) is 0 Å². The summed E-state index contributed by atoms with van der Waals surface area (Å²) in [5.41, 5.74) is 3.34. The second kappa shape index (κ2) is 6.58. The molecule has 0 aromatic carbocycles. The lowest BCUT2D eigenvalue weighted by atomic mass is 10.1. The Labute approximate surface area is 142 Å². The van der Waals surface area contributed by atoms with E-state index in [0.29, 0.717) is 11.3 Å². The number of nitrogens with one attached hydrogen (secondary N) is 2. The van der Waals surface area contributed by atoms with Crippen LogP contribution in [0.15, 0.2) is 27.7 Å². The van der Waals surface area contributed by atoms with Crippen molar-refractivity contribution in [2.45, 2.75) is 26.4 Å². The Morgan fingerprint density at radius 2 is 2.29 bits per heavy atom. The van der Waals surface area contributed by atoms with Crippen LogP contribution < -0.4 is 10.9 Å². The Morgan fingerprint density at radius 1 is 1.50 bits per heavy atom. The highest BCUT2D eigenvalue weighted by Gasteiger charge is 2.15. The Morgan fingerprint density at radius 3 is 3.00 bits per heavy atom. The summed E-state index contributed by atoms with van der Waals surface area (Å²) in [6.45, 7) is 3.80. The maximum absolute atomic E-state index is 12.2. The molecule has 0 fully saturated rings. The van der Waals surface area contributed by atoms with E-state index in [0.717, 1.165) is 16.8 Å². The molecule has 3 rings (SSSR count). The lowest BCUT2D eigenvalue weighted by Gasteiger charge is -2.13. The highest BCUT2D eigenvalue weighted by Crippen LogP contribution is 2.16. The summed E-state index contributed by atoms with van der Waals surface area (Å²) in [7, 11) is 0. The molecule has 3 aromatic heterocycles. The lowest BCUT2D eigenvalue weighted by molar-refractivity contribution is -0.120. The number of hydrogen-bond acceptors (Lipinski definition) is 5. The van der Waals surface area contributed by atoms with Crippen LogP contribution in [-0.4, -0.2) is 32.2 Å². The summed E-state index contributed by atoms with van der Waals surface area (Å²) >= 11 is 1.50. The van der Waals surface area contributed by atoms with Crippen molar-refractivity contribution < 1.29 is 9.90 Å². The Bertz CT molecular complexity index is 927. The van der Waals surface area contributed by atoms with E-state index in [1.807, 2.05) is 30.7 Å². The normalized spacial score (nSPS) is 12.5. The van der Waals surface area contributed by atoms with Crippen LogP contribution in [0.5, 0.6) is 0 Å². The summed E-state index contributed by atoms with van der Waals surface area (Å²) < 4.78 is 1.58. The van der Waals surface area contributed by atoms with Gasteiger partial charge >= 0.3 is 0 Å². The fourth-order valence-electron chi connectivity index (χ4n) is 2.63. The van der Waals surface area contributed by atoms with Crippen molar-refractivity contribution in [3.63, 3.8) is 0 Å². The van der Waals surface area contributed by atoms with Crippen molar-refractivity contribution in [1.29, 1.82) is 0 Å². The minimum atomic E-state index is -0.719. The zero-order valence-corrected chi connectivity index (χ0v) is 14.2. The quantitative estimate of drug-likeness (QED) is 0.644. The van der Waals surface area contributed by atoms with Crippen LogP contribution in [-0.2, 0) is 11.2 Å². The van der Waals surface area contributed by atoms with E-state index in [1.54, 1.807) is 4.52 Å². The standard InChI is InChI=1S/C16H18N4O3S/c1-9-12(10(2)20-14(18-9)6-16(23)19-20)5-15(22)17-7-13(21)11-3-4-24-8-11/h3-4,6,8,13,21H,5,7H2,1-2H3,(H,17,22)(H,19,23). The van der Waals surface area contributed by atoms with E-state index in [4.69, 9.17) is 0 Å². The summed E-state index contributed by atoms with van der Waals surface area (Å²) in [5, 5.41) is 19.1. The van der Waals surface area contributed by atoms with Crippen LogP contribution >= 0.6 is 11.3 Å². The fourth-order valence-corrected chi connectivity index (χ4v) is 3.33. The molecule has 0 saturated carbocycles. The van der Waals surface area contributed by atoms with Crippen molar-refractivity contribution in [1.82, 2.24) is 19.9 Å². The largest absolute Gasteiger partial charge is 0.387 e. The summed E-state index contributed by atoms with van der Waals surface area (Å²) in [4.78, 5) is 28.0. The van der Waals surface area contributed by atoms with Gasteiger partial charge in [-0.1, -0.05) is 0 Å². The first-order valence-electron chi connectivity index (χ1n) is 7.50. The van der Waals surface area contributed by atoms with Gasteiger partial charge in [0.25, 0.3) is 5.56 Å². The monoisotopic (exact) mass is 346 g/mol. The number of thiophene rings is 1. The number of aryl methyl sites for hydroxylation is 2. The second-order valence-corrected chi connectivity index (χ2v) is 6.41. The van der Waals surface area contributed by atoms with E-state index in [-0.39, 0.29) is 24.4 Å². The average molecular weight is 346 g/mol. The fraction of sp³-hybridized carbons (Fsp3) is 0.312. The highest BCUT2D eigenvalue weighted by atomic mass is 32.1. The molecule has 7 nitrogen and oxygen atoms in total. The van der Waals surface area contributed by atoms with Crippen molar-refractivity contribution in [3.8, 4) is 0 Å². The third-order valence-electron chi connectivity index (χ3n) is 3.96. The Hall–Kier alpha value is -2.45. The molecule has 3 aromatic rings. The molecule has 3 heterocycles. The molecule has 1 unspecified atom stereocenters. The molecule has 3 N–H and O–H groups in total. The number of nitrogens with zero attached hydrogens (tertiary/aromatic N) is 2. The predicted molar refractivity (Wildman–Crippen MR) is 91.3 cm³/mol. The minimum absolute atomic E-state index is 0.136. The molecule has 0 bridgehead atoms. The molecule has 0 saturated heterocycles. The first kappa shape index (κ1) is 16.4. The van der Waals surface area contributed by atoms with Crippen molar-refractivity contribution in [2.75, 3.05) is 6.54 Å². The van der Waals surface area contributed by atoms with Gasteiger partial charge in [-0.15, -0.1) is 0 Å². The predicted octanol–water partition coefficient (Wildman–Crippen LogP) is 1.09. The van der Waals surface area contributed by atoms with Gasteiger partial charge in [-0.3, -0.25) is 14.7 Å². The topological polar surface area (TPSA) is 99.5 Å². The first-order valence-corrected chi connectivity index (χ1v) is 8.44. The number of rotatable bonds is 5. The van der Waals surface area contributed by atoms with Gasteiger partial charge in [0, 0.05) is 29.6 Å². The first-order chi connectivity index (χ1) is 11.5. The number of aromatic nitrogens is 3. The van der Waals surface area contributed by atoms with Crippen LogP contribution in [0.3, 0.4) is 0 Å². The third-order valence-corrected chi connectivity index (χ3v) is 4.66. The number of aliphatic hydroxyl groups excluding tert-OH is 1. The summed E-state index contributed by atoms with van der Waals surface area (Å²) in [5.74, 6) is -0.203. The van der Waals surface area contributed by atoms with Gasteiger partial charge in [0.15, 0.2) is 5.65 Å². The number of fused-ring (bicyclic) bond motifs is 1. The Balaban J connectivity index is 1.72. The number of aromatic amines is 1. The number of amides is 1. The molecule has 8 heteroatoms. The highest BCUT2D eigenvalue weighted by molar-refractivity contribution is 7.07. The molecule has 1 atom stereocenters. The molecule has 1 amide bonds. The van der Waals surface area contributed by atoms with Gasteiger partial charge < -0.3 is 10.4 Å². The molecular formula is C16H18N4O3S. The van der Waals surface area contributed by atoms with E-state index in [2.05, 4.69) is 15.4 Å². The zero-order valence-electron chi connectivity index (χ0n) is 13.4. The second-order valence-electron chi connectivity index (χ2n) is 5.63. The minimum Gasteiger partial charge on any atom is -0.387 e. The van der Waals surface area contributed by atoms with Crippen molar-refractivity contribution in [3.05, 3.63) is 55.8 Å². The van der Waals surface area contributed by atoms with Crippen molar-refractivity contribution in [2.24, 2.45) is 0 Å². The zero-order chi connectivity index (χ0) is 17.3. The van der Waals surface area contributed by atoms with Crippen LogP contribution in [0.4, 0.5) is 0 Å². The molecule has 0 aliphatic heterocycles. The molecule has 24 heavy (non-hydrogen) atoms. The molecule has 0 aliphatic rings. The maximum Gasteiger partial charge on any atom is 0.266 e. The lowest BCUT2D eigenvalue weighted by Crippen LogP contribution is -2.30. The summed E-state index contributed by atoms with van der Waals surface area (Å²) in [6.07, 6.45) is -0.583. The van der Waals surface area contributed by atoms with Gasteiger partial charge in [-0.25, -0.2) is 9.50 Å².